The zero-order valence-electron chi connectivity index (χ0n) is 29.8. The molecule has 0 aliphatic heterocycles. The lowest BCUT2D eigenvalue weighted by molar-refractivity contribution is 1.18. The minimum absolute atomic E-state index is 1.18. The van der Waals surface area contributed by atoms with Gasteiger partial charge in [-0.1, -0.05) is 169 Å². The summed E-state index contributed by atoms with van der Waals surface area (Å²) in [4.78, 5) is 0. The highest BCUT2D eigenvalue weighted by Crippen LogP contribution is 2.44. The third-order valence-electron chi connectivity index (χ3n) is 10.9. The number of hydrogen-bond donors (Lipinski definition) is 0. The lowest BCUT2D eigenvalue weighted by Crippen LogP contribution is -1.92. The molecule has 0 bridgehead atoms. The molecule has 10 aromatic rings. The van der Waals surface area contributed by atoms with Crippen molar-refractivity contribution in [2.45, 2.75) is 13.8 Å². The topological polar surface area (TPSA) is 4.93 Å². The molecule has 0 aliphatic carbocycles. The van der Waals surface area contributed by atoms with Crippen LogP contribution < -0.4 is 0 Å². The number of aromatic nitrogens is 1. The van der Waals surface area contributed by atoms with Crippen molar-refractivity contribution in [2.24, 2.45) is 0 Å². The summed E-state index contributed by atoms with van der Waals surface area (Å²) in [6.07, 6.45) is 0. The average molecular weight is 676 g/mol. The van der Waals surface area contributed by atoms with Crippen LogP contribution in [0.4, 0.5) is 0 Å². The fourth-order valence-corrected chi connectivity index (χ4v) is 8.56. The Morgan fingerprint density at radius 3 is 1.26 bits per heavy atom. The number of aryl methyl sites for hydroxylation is 2. The SMILES string of the molecule is Cc1cc(C)cc(-c2c3ccccc3c(-c3ccc(-c4ccc(-c5ccc6c(c5)c5ccccc5n6-c5ccccc5)cc4)cc3)c3ccccc23)c1. The van der Waals surface area contributed by atoms with Gasteiger partial charge in [-0.15, -0.1) is 0 Å². The van der Waals surface area contributed by atoms with Crippen LogP contribution in [-0.4, -0.2) is 4.57 Å². The standard InChI is InChI=1S/C52H37N/c1-34-30-35(2)32-41(31-34)52-46-17-8-6-15-44(46)51(45-16-7-9-18-47(45)52)39-26-24-37(25-27-39)36-20-22-38(23-21-36)40-28-29-50-48(33-40)43-14-10-11-19-49(43)53(50)42-12-4-3-5-13-42/h3-33H,1-2H3. The summed E-state index contributed by atoms with van der Waals surface area (Å²) in [5, 5.41) is 7.67. The van der Waals surface area contributed by atoms with Gasteiger partial charge in [-0.2, -0.15) is 0 Å². The van der Waals surface area contributed by atoms with Crippen molar-refractivity contribution in [3.05, 3.63) is 199 Å². The second-order valence-corrected chi connectivity index (χ2v) is 14.3. The largest absolute Gasteiger partial charge is 0.309 e. The van der Waals surface area contributed by atoms with E-state index in [2.05, 4.69) is 206 Å². The van der Waals surface area contributed by atoms with Crippen molar-refractivity contribution in [2.75, 3.05) is 0 Å². The molecule has 1 heterocycles. The molecule has 0 atom stereocenters. The first-order valence-corrected chi connectivity index (χ1v) is 18.4. The molecule has 0 saturated heterocycles. The summed E-state index contributed by atoms with van der Waals surface area (Å²) in [6, 6.07) is 69.1. The van der Waals surface area contributed by atoms with Gasteiger partial charge in [0.2, 0.25) is 0 Å². The van der Waals surface area contributed by atoms with Crippen molar-refractivity contribution in [3.8, 4) is 50.2 Å². The molecule has 9 aromatic carbocycles. The molecule has 53 heavy (non-hydrogen) atoms. The Morgan fingerprint density at radius 2 is 0.698 bits per heavy atom. The van der Waals surface area contributed by atoms with Crippen LogP contribution >= 0.6 is 0 Å². The van der Waals surface area contributed by atoms with Gasteiger partial charge in [0.25, 0.3) is 0 Å². The smallest absolute Gasteiger partial charge is 0.0541 e. The van der Waals surface area contributed by atoms with Gasteiger partial charge in [-0.25, -0.2) is 0 Å². The van der Waals surface area contributed by atoms with E-state index in [4.69, 9.17) is 0 Å². The number of benzene rings is 9. The molecule has 0 aliphatic rings. The van der Waals surface area contributed by atoms with Crippen LogP contribution in [0.1, 0.15) is 11.1 Å². The summed E-state index contributed by atoms with van der Waals surface area (Å²) < 4.78 is 2.37. The Balaban J connectivity index is 1.02. The maximum absolute atomic E-state index is 2.37. The van der Waals surface area contributed by atoms with E-state index in [1.54, 1.807) is 0 Å². The van der Waals surface area contributed by atoms with Crippen molar-refractivity contribution in [1.29, 1.82) is 0 Å². The van der Waals surface area contributed by atoms with Gasteiger partial charge in [0.1, 0.15) is 0 Å². The quantitative estimate of drug-likeness (QED) is 0.160. The highest BCUT2D eigenvalue weighted by Gasteiger charge is 2.17. The third-order valence-corrected chi connectivity index (χ3v) is 10.9. The van der Waals surface area contributed by atoms with Gasteiger partial charge in [0.15, 0.2) is 0 Å². The molecule has 0 spiro atoms. The Hall–Kier alpha value is -6.70. The molecule has 0 saturated carbocycles. The summed E-state index contributed by atoms with van der Waals surface area (Å²) in [5.74, 6) is 0. The second kappa shape index (κ2) is 12.5. The first kappa shape index (κ1) is 31.1. The second-order valence-electron chi connectivity index (χ2n) is 14.3. The van der Waals surface area contributed by atoms with Crippen LogP contribution in [0.2, 0.25) is 0 Å². The van der Waals surface area contributed by atoms with Crippen LogP contribution in [0.5, 0.6) is 0 Å². The fraction of sp³-hybridized carbons (Fsp3) is 0.0385. The van der Waals surface area contributed by atoms with E-state index in [1.165, 1.54) is 105 Å². The van der Waals surface area contributed by atoms with Gasteiger partial charge in [-0.3, -0.25) is 0 Å². The lowest BCUT2D eigenvalue weighted by atomic mass is 9.85. The molecule has 0 radical (unpaired) electrons. The first-order valence-electron chi connectivity index (χ1n) is 18.4. The van der Waals surface area contributed by atoms with Gasteiger partial charge in [0, 0.05) is 16.5 Å². The highest BCUT2D eigenvalue weighted by atomic mass is 15.0. The third kappa shape index (κ3) is 5.24. The minimum Gasteiger partial charge on any atom is -0.309 e. The number of fused-ring (bicyclic) bond motifs is 5. The Kier molecular flexibility index (Phi) is 7.33. The molecular weight excluding hydrogens is 639 g/mol. The summed E-state index contributed by atoms with van der Waals surface area (Å²) in [5.41, 5.74) is 16.2. The average Bonchev–Trinajstić information content (AvgIpc) is 3.54. The molecule has 0 N–H and O–H groups in total. The molecule has 10 rings (SSSR count). The zero-order valence-corrected chi connectivity index (χ0v) is 29.8. The Morgan fingerprint density at radius 1 is 0.283 bits per heavy atom. The lowest BCUT2D eigenvalue weighted by Gasteiger charge is -2.18. The maximum Gasteiger partial charge on any atom is 0.0541 e. The molecule has 0 amide bonds. The molecule has 1 nitrogen and oxygen atoms in total. The normalized spacial score (nSPS) is 11.6. The van der Waals surface area contributed by atoms with E-state index in [-0.39, 0.29) is 0 Å². The first-order chi connectivity index (χ1) is 26.1. The fourth-order valence-electron chi connectivity index (χ4n) is 8.56. The van der Waals surface area contributed by atoms with Gasteiger partial charge < -0.3 is 4.57 Å². The van der Waals surface area contributed by atoms with Crippen molar-refractivity contribution >= 4 is 43.4 Å². The summed E-state index contributed by atoms with van der Waals surface area (Å²) >= 11 is 0. The molecule has 0 fully saturated rings. The number of nitrogens with zero attached hydrogens (tertiary/aromatic N) is 1. The van der Waals surface area contributed by atoms with Gasteiger partial charge in [0.05, 0.1) is 11.0 Å². The zero-order chi connectivity index (χ0) is 35.5. The monoisotopic (exact) mass is 675 g/mol. The summed E-state index contributed by atoms with van der Waals surface area (Å²) in [6.45, 7) is 4.38. The van der Waals surface area contributed by atoms with Crippen molar-refractivity contribution in [3.63, 3.8) is 0 Å². The number of rotatable bonds is 5. The highest BCUT2D eigenvalue weighted by molar-refractivity contribution is 6.21. The maximum atomic E-state index is 2.37. The Bertz CT molecular complexity index is 2900. The van der Waals surface area contributed by atoms with Crippen LogP contribution in [0.15, 0.2) is 188 Å². The van der Waals surface area contributed by atoms with E-state index in [9.17, 15) is 0 Å². The molecule has 0 unspecified atom stereocenters. The van der Waals surface area contributed by atoms with Crippen LogP contribution in [0.25, 0.3) is 93.5 Å². The van der Waals surface area contributed by atoms with E-state index in [1.807, 2.05) is 0 Å². The number of hydrogen-bond acceptors (Lipinski definition) is 0. The number of para-hydroxylation sites is 2. The van der Waals surface area contributed by atoms with Gasteiger partial charge >= 0.3 is 0 Å². The predicted octanol–water partition coefficient (Wildman–Crippen LogP) is 14.4. The van der Waals surface area contributed by atoms with E-state index >= 15 is 0 Å². The predicted molar refractivity (Wildman–Crippen MR) is 227 cm³/mol. The minimum atomic E-state index is 1.18. The van der Waals surface area contributed by atoms with E-state index < -0.39 is 0 Å². The van der Waals surface area contributed by atoms with Crippen LogP contribution in [0.3, 0.4) is 0 Å². The van der Waals surface area contributed by atoms with E-state index in [0.29, 0.717) is 0 Å². The van der Waals surface area contributed by atoms with Gasteiger partial charge in [-0.05, 0) is 110 Å². The molecule has 1 aromatic heterocycles. The van der Waals surface area contributed by atoms with Crippen molar-refractivity contribution in [1.82, 2.24) is 4.57 Å². The van der Waals surface area contributed by atoms with Crippen molar-refractivity contribution < 1.29 is 0 Å². The summed E-state index contributed by atoms with van der Waals surface area (Å²) in [7, 11) is 0. The van der Waals surface area contributed by atoms with E-state index in [0.717, 1.165) is 0 Å². The van der Waals surface area contributed by atoms with Crippen LogP contribution in [0, 0.1) is 13.8 Å². The molecule has 1 heteroatoms. The molecule has 250 valence electrons. The van der Waals surface area contributed by atoms with Crippen LogP contribution in [-0.2, 0) is 0 Å². The Labute approximate surface area is 310 Å². The molecular formula is C52H37N.